The van der Waals surface area contributed by atoms with Crippen molar-refractivity contribution in [3.8, 4) is 5.75 Å². The van der Waals surface area contributed by atoms with E-state index >= 15 is 0 Å². The Bertz CT molecular complexity index is 1390. The number of hydrogen-bond donors (Lipinski definition) is 1. The number of hydrogen-bond acceptors (Lipinski definition) is 6. The fraction of sp³-hybridized carbons (Fsp3) is 0.385. The van der Waals surface area contributed by atoms with Crippen LogP contribution in [0.25, 0.3) is 10.9 Å². The number of nitrogens with zero attached hydrogens (tertiary/aromatic N) is 5. The number of rotatable bonds is 5. The van der Waals surface area contributed by atoms with Gasteiger partial charge in [-0.05, 0) is 72.0 Å². The molecule has 0 radical (unpaired) electrons. The predicted octanol–water partition coefficient (Wildman–Crippen LogP) is 4.18. The van der Waals surface area contributed by atoms with Crippen LogP contribution in [0, 0.1) is 0 Å². The molecule has 1 fully saturated rings. The van der Waals surface area contributed by atoms with Crippen molar-refractivity contribution in [2.45, 2.75) is 50.6 Å². The Morgan fingerprint density at radius 2 is 1.94 bits per heavy atom. The average Bonchev–Trinajstić information content (AvgIpc) is 3.57. The third-order valence-corrected chi connectivity index (χ3v) is 7.27. The molecule has 8 heteroatoms. The van der Waals surface area contributed by atoms with Crippen LogP contribution in [0.15, 0.2) is 53.3 Å². The number of nitrogens with one attached hydrogen (secondary N) is 1. The van der Waals surface area contributed by atoms with Crippen LogP contribution in [0.5, 0.6) is 5.75 Å². The normalized spacial score (nSPS) is 17.1. The number of pyridine rings is 1. The number of aromatic amines is 1. The van der Waals surface area contributed by atoms with Gasteiger partial charge in [0.2, 0.25) is 0 Å². The van der Waals surface area contributed by atoms with Gasteiger partial charge in [0.25, 0.3) is 5.56 Å². The first-order chi connectivity index (χ1) is 16.7. The minimum Gasteiger partial charge on any atom is -0.497 e. The SMILES string of the molecule is COc1ccc2[nH]c(=O)c([C@@H](c3nnnn3C3CCCC3)N3CCCc4ccccc43)cc2c1. The van der Waals surface area contributed by atoms with Gasteiger partial charge in [0.05, 0.1) is 13.2 Å². The number of para-hydroxylation sites is 1. The summed E-state index contributed by atoms with van der Waals surface area (Å²) >= 11 is 0. The van der Waals surface area contributed by atoms with Gasteiger partial charge in [-0.3, -0.25) is 4.79 Å². The minimum atomic E-state index is -0.392. The maximum atomic E-state index is 13.5. The summed E-state index contributed by atoms with van der Waals surface area (Å²) in [5.74, 6) is 1.48. The second kappa shape index (κ2) is 8.59. The van der Waals surface area contributed by atoms with Crippen molar-refractivity contribution in [2.75, 3.05) is 18.6 Å². The summed E-state index contributed by atoms with van der Waals surface area (Å²) in [5.41, 5.74) is 3.74. The second-order valence-electron chi connectivity index (χ2n) is 9.26. The quantitative estimate of drug-likeness (QED) is 0.485. The van der Waals surface area contributed by atoms with E-state index in [0.717, 1.165) is 60.4 Å². The molecule has 1 N–H and O–H groups in total. The topological polar surface area (TPSA) is 88.9 Å². The number of tetrazole rings is 1. The number of aromatic nitrogens is 5. The molecule has 174 valence electrons. The first-order valence-electron chi connectivity index (χ1n) is 12.1. The summed E-state index contributed by atoms with van der Waals surface area (Å²) in [7, 11) is 1.65. The van der Waals surface area contributed by atoms with Crippen molar-refractivity contribution in [1.82, 2.24) is 25.2 Å². The molecule has 0 amide bonds. The highest BCUT2D eigenvalue weighted by molar-refractivity contribution is 5.81. The maximum absolute atomic E-state index is 13.5. The molecule has 1 aliphatic heterocycles. The molecule has 4 aromatic rings. The van der Waals surface area contributed by atoms with Crippen LogP contribution < -0.4 is 15.2 Å². The van der Waals surface area contributed by atoms with E-state index in [4.69, 9.17) is 4.74 Å². The standard InChI is InChI=1S/C26H28N6O2/c1-34-20-12-13-22-18(15-20)16-21(26(33)27-22)24(25-28-29-30-32(25)19-9-3-4-10-19)31-14-6-8-17-7-2-5-11-23(17)31/h2,5,7,11-13,15-16,19,24H,3-4,6,8-10,14H2,1H3,(H,27,33)/t24-/m0/s1. The van der Waals surface area contributed by atoms with Crippen molar-refractivity contribution in [1.29, 1.82) is 0 Å². The Morgan fingerprint density at radius 1 is 1.09 bits per heavy atom. The molecular formula is C26H28N6O2. The Labute approximate surface area is 197 Å². The largest absolute Gasteiger partial charge is 0.497 e. The van der Waals surface area contributed by atoms with Crippen LogP contribution in [-0.2, 0) is 6.42 Å². The molecule has 8 nitrogen and oxygen atoms in total. The Hall–Kier alpha value is -3.68. The number of anilines is 1. The smallest absolute Gasteiger partial charge is 0.254 e. The predicted molar refractivity (Wildman–Crippen MR) is 130 cm³/mol. The van der Waals surface area contributed by atoms with E-state index in [-0.39, 0.29) is 11.6 Å². The van der Waals surface area contributed by atoms with Gasteiger partial charge in [0.15, 0.2) is 5.82 Å². The van der Waals surface area contributed by atoms with E-state index < -0.39 is 6.04 Å². The van der Waals surface area contributed by atoms with Gasteiger partial charge in [-0.2, -0.15) is 0 Å². The Kier molecular flexibility index (Phi) is 5.28. The minimum absolute atomic E-state index is 0.119. The number of methoxy groups -OCH3 is 1. The number of benzene rings is 2. The lowest BCUT2D eigenvalue weighted by Crippen LogP contribution is -2.38. The molecule has 2 aliphatic rings. The molecule has 2 aromatic carbocycles. The first kappa shape index (κ1) is 20.9. The molecule has 6 rings (SSSR count). The molecule has 0 saturated heterocycles. The van der Waals surface area contributed by atoms with Gasteiger partial charge in [0, 0.05) is 28.7 Å². The third-order valence-electron chi connectivity index (χ3n) is 7.27. The van der Waals surface area contributed by atoms with Crippen LogP contribution in [0.2, 0.25) is 0 Å². The van der Waals surface area contributed by atoms with Gasteiger partial charge in [-0.15, -0.1) is 5.10 Å². The summed E-state index contributed by atoms with van der Waals surface area (Å²) < 4.78 is 7.41. The lowest BCUT2D eigenvalue weighted by Gasteiger charge is -2.37. The van der Waals surface area contributed by atoms with E-state index in [2.05, 4.69) is 49.7 Å². The fourth-order valence-corrected chi connectivity index (χ4v) is 5.60. The van der Waals surface area contributed by atoms with Crippen LogP contribution in [0.4, 0.5) is 5.69 Å². The number of fused-ring (bicyclic) bond motifs is 2. The molecule has 1 aliphatic carbocycles. The van der Waals surface area contributed by atoms with E-state index in [1.165, 1.54) is 18.4 Å². The van der Waals surface area contributed by atoms with E-state index in [9.17, 15) is 4.79 Å². The molecule has 0 spiro atoms. The van der Waals surface area contributed by atoms with Crippen molar-refractivity contribution in [2.24, 2.45) is 0 Å². The van der Waals surface area contributed by atoms with Gasteiger partial charge < -0.3 is 14.6 Å². The lowest BCUT2D eigenvalue weighted by atomic mass is 9.96. The zero-order chi connectivity index (χ0) is 23.1. The Morgan fingerprint density at radius 3 is 2.79 bits per heavy atom. The molecule has 2 aromatic heterocycles. The van der Waals surface area contributed by atoms with Gasteiger partial charge >= 0.3 is 0 Å². The first-order valence-corrected chi connectivity index (χ1v) is 12.1. The molecule has 0 bridgehead atoms. The zero-order valence-electron chi connectivity index (χ0n) is 19.3. The monoisotopic (exact) mass is 456 g/mol. The van der Waals surface area contributed by atoms with Crippen LogP contribution >= 0.6 is 0 Å². The second-order valence-corrected chi connectivity index (χ2v) is 9.26. The summed E-state index contributed by atoms with van der Waals surface area (Å²) in [6, 6.07) is 16.0. The molecule has 1 saturated carbocycles. The highest BCUT2D eigenvalue weighted by Crippen LogP contribution is 2.39. The summed E-state index contributed by atoms with van der Waals surface area (Å²) in [6.07, 6.45) is 6.52. The summed E-state index contributed by atoms with van der Waals surface area (Å²) in [6.45, 7) is 0.828. The molecule has 3 heterocycles. The fourth-order valence-electron chi connectivity index (χ4n) is 5.60. The van der Waals surface area contributed by atoms with Gasteiger partial charge in [-0.1, -0.05) is 31.0 Å². The van der Waals surface area contributed by atoms with Crippen LogP contribution in [-0.4, -0.2) is 38.8 Å². The summed E-state index contributed by atoms with van der Waals surface area (Å²) in [4.78, 5) is 18.9. The molecular weight excluding hydrogens is 428 g/mol. The molecule has 34 heavy (non-hydrogen) atoms. The zero-order valence-corrected chi connectivity index (χ0v) is 19.3. The van der Waals surface area contributed by atoms with Crippen molar-refractivity contribution in [3.63, 3.8) is 0 Å². The summed E-state index contributed by atoms with van der Waals surface area (Å²) in [5, 5.41) is 13.9. The number of ether oxygens (including phenoxy) is 1. The van der Waals surface area contributed by atoms with Gasteiger partial charge in [-0.25, -0.2) is 4.68 Å². The number of H-pyrrole nitrogens is 1. The van der Waals surface area contributed by atoms with E-state index in [1.54, 1.807) is 7.11 Å². The van der Waals surface area contributed by atoms with Crippen LogP contribution in [0.1, 0.15) is 61.1 Å². The maximum Gasteiger partial charge on any atom is 0.254 e. The van der Waals surface area contributed by atoms with E-state index in [1.807, 2.05) is 28.9 Å². The van der Waals surface area contributed by atoms with Gasteiger partial charge in [0.1, 0.15) is 11.8 Å². The molecule has 0 unspecified atom stereocenters. The van der Waals surface area contributed by atoms with E-state index in [0.29, 0.717) is 5.56 Å². The highest BCUT2D eigenvalue weighted by atomic mass is 16.5. The highest BCUT2D eigenvalue weighted by Gasteiger charge is 2.35. The van der Waals surface area contributed by atoms with Crippen molar-refractivity contribution >= 4 is 16.6 Å². The van der Waals surface area contributed by atoms with Crippen LogP contribution in [0.3, 0.4) is 0 Å². The van der Waals surface area contributed by atoms with Crippen molar-refractivity contribution in [3.05, 3.63) is 75.8 Å². The lowest BCUT2D eigenvalue weighted by molar-refractivity contribution is 0.415. The van der Waals surface area contributed by atoms with Crippen molar-refractivity contribution < 1.29 is 4.74 Å². The Balaban J connectivity index is 1.57. The number of aryl methyl sites for hydroxylation is 1. The third kappa shape index (κ3) is 3.54. The average molecular weight is 457 g/mol. The molecule has 1 atom stereocenters.